The van der Waals surface area contributed by atoms with E-state index < -0.39 is 10.0 Å². The molecule has 0 saturated heterocycles. The Morgan fingerprint density at radius 3 is 2.83 bits per heavy atom. The second-order valence-corrected chi connectivity index (χ2v) is 7.95. The van der Waals surface area contributed by atoms with Gasteiger partial charge in [0.25, 0.3) is 0 Å². The first-order chi connectivity index (χ1) is 8.60. The third-order valence-corrected chi connectivity index (χ3v) is 6.79. The largest absolute Gasteiger partial charge is 0.391 e. The van der Waals surface area contributed by atoms with Crippen molar-refractivity contribution < 1.29 is 13.5 Å². The van der Waals surface area contributed by atoms with Crippen LogP contribution in [0.25, 0.3) is 0 Å². The molecule has 2 fully saturated rings. The predicted octanol–water partition coefficient (Wildman–Crippen LogP) is 1.71. The normalized spacial score (nSPS) is 31.1. The summed E-state index contributed by atoms with van der Waals surface area (Å²) in [4.78, 5) is 0.767. The van der Waals surface area contributed by atoms with Crippen molar-refractivity contribution in [3.8, 4) is 0 Å². The topological polar surface area (TPSA) is 66.4 Å². The predicted molar refractivity (Wildman–Crippen MR) is 69.8 cm³/mol. The van der Waals surface area contributed by atoms with E-state index in [4.69, 9.17) is 5.11 Å². The van der Waals surface area contributed by atoms with Gasteiger partial charge in [-0.05, 0) is 42.5 Å². The molecule has 6 heteroatoms. The number of sulfonamides is 1. The van der Waals surface area contributed by atoms with Crippen LogP contribution < -0.4 is 4.72 Å². The average molecular weight is 287 g/mol. The molecule has 0 amide bonds. The van der Waals surface area contributed by atoms with Crippen LogP contribution >= 0.6 is 11.3 Å². The zero-order chi connectivity index (χ0) is 12.8. The monoisotopic (exact) mass is 287 g/mol. The molecule has 0 radical (unpaired) electrons. The lowest BCUT2D eigenvalue weighted by Crippen LogP contribution is -2.38. The summed E-state index contributed by atoms with van der Waals surface area (Å²) in [6, 6.07) is 1.67. The van der Waals surface area contributed by atoms with Gasteiger partial charge in [-0.15, -0.1) is 11.3 Å². The Labute approximate surface area is 111 Å². The van der Waals surface area contributed by atoms with Gasteiger partial charge in [0.15, 0.2) is 0 Å². The summed E-state index contributed by atoms with van der Waals surface area (Å²) in [7, 11) is -3.47. The molecular formula is C12H17NO3S2. The van der Waals surface area contributed by atoms with Crippen LogP contribution in [0.1, 0.15) is 30.6 Å². The van der Waals surface area contributed by atoms with Gasteiger partial charge in [0.1, 0.15) is 0 Å². The van der Waals surface area contributed by atoms with Gasteiger partial charge >= 0.3 is 0 Å². The molecule has 0 spiro atoms. The number of hydrogen-bond donors (Lipinski definition) is 2. The number of nitrogens with one attached hydrogen (secondary N) is 1. The Morgan fingerprint density at radius 1 is 1.39 bits per heavy atom. The van der Waals surface area contributed by atoms with Crippen molar-refractivity contribution in [1.82, 2.24) is 4.72 Å². The minimum absolute atomic E-state index is 0.0974. The van der Waals surface area contributed by atoms with Crippen LogP contribution in [0.15, 0.2) is 16.3 Å². The van der Waals surface area contributed by atoms with Crippen LogP contribution in [0.3, 0.4) is 0 Å². The molecule has 2 bridgehead atoms. The van der Waals surface area contributed by atoms with Crippen molar-refractivity contribution in [2.45, 2.75) is 43.2 Å². The van der Waals surface area contributed by atoms with E-state index in [1.54, 1.807) is 11.4 Å². The zero-order valence-electron chi connectivity index (χ0n) is 10.0. The van der Waals surface area contributed by atoms with Gasteiger partial charge in [-0.25, -0.2) is 13.1 Å². The summed E-state index contributed by atoms with van der Waals surface area (Å²) in [6.45, 7) is -0.218. The Balaban J connectivity index is 1.79. The molecule has 0 aliphatic heterocycles. The van der Waals surface area contributed by atoms with E-state index >= 15 is 0 Å². The Morgan fingerprint density at radius 2 is 2.22 bits per heavy atom. The van der Waals surface area contributed by atoms with E-state index in [1.165, 1.54) is 24.2 Å². The highest BCUT2D eigenvalue weighted by molar-refractivity contribution is 7.89. The molecule has 2 saturated carbocycles. The first-order valence-corrected chi connectivity index (χ1v) is 8.66. The van der Waals surface area contributed by atoms with Crippen molar-refractivity contribution >= 4 is 21.4 Å². The fourth-order valence-electron chi connectivity index (χ4n) is 3.34. The van der Waals surface area contributed by atoms with Crippen molar-refractivity contribution in [2.24, 2.45) is 11.8 Å². The smallest absolute Gasteiger partial charge is 0.242 e. The molecule has 0 aromatic carbocycles. The molecular weight excluding hydrogens is 270 g/mol. The van der Waals surface area contributed by atoms with Gasteiger partial charge < -0.3 is 5.11 Å². The number of rotatable bonds is 4. The number of fused-ring (bicyclic) bond motifs is 2. The summed E-state index contributed by atoms with van der Waals surface area (Å²) in [5.41, 5.74) is 0. The highest BCUT2D eigenvalue weighted by atomic mass is 32.2. The van der Waals surface area contributed by atoms with Crippen LogP contribution in [-0.2, 0) is 16.6 Å². The molecule has 1 aromatic rings. The number of thiophene rings is 1. The molecule has 18 heavy (non-hydrogen) atoms. The van der Waals surface area contributed by atoms with E-state index in [0.717, 1.165) is 12.8 Å². The standard InChI is InChI=1S/C12H17NO3S2/c14-7-11-12(3-4-17-11)18(15,16)13-10-6-8-1-2-9(10)5-8/h3-4,8-10,13-14H,1-2,5-7H2. The van der Waals surface area contributed by atoms with Crippen LogP contribution in [0, 0.1) is 11.8 Å². The molecule has 3 unspecified atom stereocenters. The number of aliphatic hydroxyl groups is 1. The van der Waals surface area contributed by atoms with Gasteiger partial charge in [0.2, 0.25) is 10.0 Å². The molecule has 3 rings (SSSR count). The van der Waals surface area contributed by atoms with E-state index in [-0.39, 0.29) is 17.5 Å². The lowest BCUT2D eigenvalue weighted by Gasteiger charge is -2.22. The fraction of sp³-hybridized carbons (Fsp3) is 0.667. The second-order valence-electron chi connectivity index (χ2n) is 5.27. The molecule has 1 heterocycles. The van der Waals surface area contributed by atoms with Gasteiger partial charge in [0.05, 0.1) is 11.5 Å². The molecule has 1 aromatic heterocycles. The Kier molecular flexibility index (Phi) is 3.21. The quantitative estimate of drug-likeness (QED) is 0.886. The summed E-state index contributed by atoms with van der Waals surface area (Å²) >= 11 is 1.28. The van der Waals surface area contributed by atoms with Gasteiger partial charge in [-0.2, -0.15) is 0 Å². The van der Waals surface area contributed by atoms with E-state index in [2.05, 4.69) is 4.72 Å². The molecule has 100 valence electrons. The van der Waals surface area contributed by atoms with Crippen LogP contribution in [0.5, 0.6) is 0 Å². The Bertz CT molecular complexity index is 537. The third-order valence-electron chi connectivity index (χ3n) is 4.18. The maximum absolute atomic E-state index is 12.3. The minimum Gasteiger partial charge on any atom is -0.391 e. The first-order valence-electron chi connectivity index (χ1n) is 6.29. The van der Waals surface area contributed by atoms with Crippen LogP contribution in [0.4, 0.5) is 0 Å². The minimum atomic E-state index is -3.47. The van der Waals surface area contributed by atoms with Gasteiger partial charge in [-0.1, -0.05) is 6.42 Å². The van der Waals surface area contributed by atoms with E-state index in [0.29, 0.717) is 16.7 Å². The van der Waals surface area contributed by atoms with Crippen LogP contribution in [-0.4, -0.2) is 19.6 Å². The lowest BCUT2D eigenvalue weighted by atomic mass is 9.96. The van der Waals surface area contributed by atoms with Gasteiger partial charge in [0, 0.05) is 10.9 Å². The third kappa shape index (κ3) is 2.11. The average Bonchev–Trinajstić information content (AvgIpc) is 3.03. The molecule has 2 N–H and O–H groups in total. The summed E-state index contributed by atoms with van der Waals surface area (Å²) in [6.07, 6.45) is 4.55. The van der Waals surface area contributed by atoms with Crippen molar-refractivity contribution in [3.63, 3.8) is 0 Å². The van der Waals surface area contributed by atoms with E-state index in [1.807, 2.05) is 0 Å². The van der Waals surface area contributed by atoms with Crippen molar-refractivity contribution in [3.05, 3.63) is 16.3 Å². The lowest BCUT2D eigenvalue weighted by molar-refractivity contribution is 0.282. The molecule has 3 atom stereocenters. The number of hydrogen-bond acceptors (Lipinski definition) is 4. The molecule has 4 nitrogen and oxygen atoms in total. The molecule has 2 aliphatic carbocycles. The van der Waals surface area contributed by atoms with Crippen LogP contribution in [0.2, 0.25) is 0 Å². The summed E-state index contributed by atoms with van der Waals surface area (Å²) in [5, 5.41) is 10.9. The number of aliphatic hydroxyl groups excluding tert-OH is 1. The van der Waals surface area contributed by atoms with Gasteiger partial charge in [-0.3, -0.25) is 0 Å². The second kappa shape index (κ2) is 4.59. The zero-order valence-corrected chi connectivity index (χ0v) is 11.6. The maximum Gasteiger partial charge on any atom is 0.242 e. The highest BCUT2D eigenvalue weighted by Crippen LogP contribution is 2.44. The Hall–Kier alpha value is -0.430. The van der Waals surface area contributed by atoms with E-state index in [9.17, 15) is 8.42 Å². The SMILES string of the molecule is O=S(=O)(NC1CC2CCC1C2)c1ccsc1CO. The highest BCUT2D eigenvalue weighted by Gasteiger charge is 2.41. The van der Waals surface area contributed by atoms with Crippen molar-refractivity contribution in [2.75, 3.05) is 0 Å². The fourth-order valence-corrected chi connectivity index (χ4v) is 5.95. The summed E-state index contributed by atoms with van der Waals surface area (Å²) < 4.78 is 27.4. The maximum atomic E-state index is 12.3. The van der Waals surface area contributed by atoms with Crippen molar-refractivity contribution in [1.29, 1.82) is 0 Å². The summed E-state index contributed by atoms with van der Waals surface area (Å²) in [5.74, 6) is 1.23. The molecule has 2 aliphatic rings. The first kappa shape index (κ1) is 12.6.